The van der Waals surface area contributed by atoms with E-state index in [1.807, 2.05) is 0 Å². The minimum absolute atomic E-state index is 0. The first-order valence-corrected chi connectivity index (χ1v) is 6.74. The van der Waals surface area contributed by atoms with Crippen LogP contribution in [-0.2, 0) is 10.1 Å². The second kappa shape index (κ2) is 10.4. The largest absolute Gasteiger partial charge is 1.00 e. The standard InChI is InChI=1S/C8H19NO8S.Na/c10-4-6(12)8(14)7(13)5(11)3-9-1-2-18(15,16)17;/h5-14H,1-4H2,(H,15,16,17);/q;+1/p-1/t5-,6+,7+,8+;/m0./s1. The topological polar surface area (TPSA) is 170 Å². The fraction of sp³-hybridized carbons (Fsp3) is 1.00. The van der Waals surface area contributed by atoms with Crippen LogP contribution >= 0.6 is 0 Å². The molecule has 0 rings (SSSR count). The summed E-state index contributed by atoms with van der Waals surface area (Å²) < 4.78 is 30.7. The van der Waals surface area contributed by atoms with Crippen LogP contribution in [0.5, 0.6) is 0 Å². The van der Waals surface area contributed by atoms with E-state index in [0.717, 1.165) is 0 Å². The van der Waals surface area contributed by atoms with Gasteiger partial charge in [0, 0.05) is 13.1 Å². The summed E-state index contributed by atoms with van der Waals surface area (Å²) in [6.45, 7) is -1.28. The molecule has 0 aliphatic heterocycles. The molecule has 9 nitrogen and oxygen atoms in total. The minimum Gasteiger partial charge on any atom is -0.748 e. The zero-order chi connectivity index (χ0) is 14.3. The van der Waals surface area contributed by atoms with Crippen LogP contribution in [0.1, 0.15) is 0 Å². The third kappa shape index (κ3) is 10.1. The molecule has 0 unspecified atom stereocenters. The van der Waals surface area contributed by atoms with Gasteiger partial charge in [-0.05, 0) is 0 Å². The molecule has 0 aliphatic rings. The van der Waals surface area contributed by atoms with Crippen molar-refractivity contribution in [1.82, 2.24) is 5.32 Å². The minimum atomic E-state index is -4.36. The number of hydrogen-bond acceptors (Lipinski definition) is 9. The SMILES string of the molecule is O=S(=O)([O-])CCNC[C@H](O)[C@@H](O)[C@H](O)[C@H](O)CO.[Na+]. The summed E-state index contributed by atoms with van der Waals surface area (Å²) in [6.07, 6.45) is -6.55. The van der Waals surface area contributed by atoms with Crippen LogP contribution in [0, 0.1) is 0 Å². The van der Waals surface area contributed by atoms with Crippen LogP contribution in [-0.4, -0.2) is 88.4 Å². The fourth-order valence-electron chi connectivity index (χ4n) is 1.13. The van der Waals surface area contributed by atoms with Crippen molar-refractivity contribution < 1.29 is 68.1 Å². The summed E-state index contributed by atoms with van der Waals surface area (Å²) in [7, 11) is -4.36. The van der Waals surface area contributed by atoms with Gasteiger partial charge in [0.2, 0.25) is 0 Å². The first kappa shape index (κ1) is 22.0. The molecule has 0 amide bonds. The Morgan fingerprint density at radius 1 is 1.05 bits per heavy atom. The maximum absolute atomic E-state index is 10.2. The average Bonchev–Trinajstić information content (AvgIpc) is 2.30. The summed E-state index contributed by atoms with van der Waals surface area (Å²) >= 11 is 0. The van der Waals surface area contributed by atoms with E-state index < -0.39 is 46.9 Å². The molecule has 0 fully saturated rings. The Morgan fingerprint density at radius 2 is 1.53 bits per heavy atom. The second-order valence-corrected chi connectivity index (χ2v) is 5.29. The van der Waals surface area contributed by atoms with Crippen LogP contribution in [0.25, 0.3) is 0 Å². The number of aliphatic hydroxyl groups is 5. The van der Waals surface area contributed by atoms with Crippen LogP contribution in [0.2, 0.25) is 0 Å². The molecule has 0 radical (unpaired) electrons. The summed E-state index contributed by atoms with van der Waals surface area (Å²) in [6, 6.07) is 0. The van der Waals surface area contributed by atoms with Gasteiger partial charge in [-0.15, -0.1) is 0 Å². The Hall–Kier alpha value is 0.670. The summed E-state index contributed by atoms with van der Waals surface area (Å²) in [5.41, 5.74) is 0. The van der Waals surface area contributed by atoms with Crippen molar-refractivity contribution in [3.8, 4) is 0 Å². The first-order chi connectivity index (χ1) is 8.19. The third-order valence-electron chi connectivity index (χ3n) is 2.21. The quantitative estimate of drug-likeness (QED) is 0.137. The van der Waals surface area contributed by atoms with Crippen molar-refractivity contribution in [3.63, 3.8) is 0 Å². The molecular formula is C8H18NNaO8S. The fourth-order valence-corrected chi connectivity index (χ4v) is 1.53. The van der Waals surface area contributed by atoms with Crippen molar-refractivity contribution in [2.75, 3.05) is 25.4 Å². The predicted octanol–water partition coefficient (Wildman–Crippen LogP) is -7.44. The molecule has 0 saturated heterocycles. The van der Waals surface area contributed by atoms with Gasteiger partial charge in [0.1, 0.15) is 18.3 Å². The van der Waals surface area contributed by atoms with E-state index in [9.17, 15) is 28.3 Å². The monoisotopic (exact) mass is 311 g/mol. The van der Waals surface area contributed by atoms with Gasteiger partial charge in [0.25, 0.3) is 0 Å². The first-order valence-electron chi connectivity index (χ1n) is 5.16. The molecule has 0 spiro atoms. The Kier molecular flexibility index (Phi) is 12.0. The van der Waals surface area contributed by atoms with Gasteiger partial charge in [-0.3, -0.25) is 0 Å². The molecule has 6 N–H and O–H groups in total. The van der Waals surface area contributed by atoms with Crippen LogP contribution < -0.4 is 34.9 Å². The summed E-state index contributed by atoms with van der Waals surface area (Å²) in [4.78, 5) is 0. The average molecular weight is 311 g/mol. The van der Waals surface area contributed by atoms with E-state index in [2.05, 4.69) is 5.32 Å². The van der Waals surface area contributed by atoms with Crippen molar-refractivity contribution in [2.45, 2.75) is 24.4 Å². The molecule has 0 saturated carbocycles. The second-order valence-electron chi connectivity index (χ2n) is 3.76. The zero-order valence-electron chi connectivity index (χ0n) is 10.5. The molecule has 0 aromatic carbocycles. The van der Waals surface area contributed by atoms with E-state index >= 15 is 0 Å². The number of rotatable bonds is 9. The van der Waals surface area contributed by atoms with E-state index in [1.54, 1.807) is 0 Å². The molecular weight excluding hydrogens is 293 g/mol. The van der Waals surface area contributed by atoms with Gasteiger partial charge in [-0.2, -0.15) is 0 Å². The van der Waals surface area contributed by atoms with Gasteiger partial charge in [0.05, 0.1) is 28.6 Å². The summed E-state index contributed by atoms with van der Waals surface area (Å²) in [5.74, 6) is -0.669. The Labute approximate surface area is 133 Å². The van der Waals surface area contributed by atoms with E-state index in [-0.39, 0.29) is 42.6 Å². The Balaban J connectivity index is 0. The van der Waals surface area contributed by atoms with Crippen LogP contribution in [0.15, 0.2) is 0 Å². The van der Waals surface area contributed by atoms with Gasteiger partial charge >= 0.3 is 29.6 Å². The maximum atomic E-state index is 10.2. The van der Waals surface area contributed by atoms with Crippen molar-refractivity contribution in [2.24, 2.45) is 0 Å². The summed E-state index contributed by atoms with van der Waals surface area (Å²) in [5, 5.41) is 47.9. The number of nitrogens with one attached hydrogen (secondary N) is 1. The molecule has 0 heterocycles. The van der Waals surface area contributed by atoms with E-state index in [0.29, 0.717) is 0 Å². The molecule has 4 atom stereocenters. The van der Waals surface area contributed by atoms with Gasteiger partial charge < -0.3 is 35.4 Å². The number of aliphatic hydroxyl groups excluding tert-OH is 5. The van der Waals surface area contributed by atoms with E-state index in [1.165, 1.54) is 0 Å². The van der Waals surface area contributed by atoms with Crippen molar-refractivity contribution in [3.05, 3.63) is 0 Å². The van der Waals surface area contributed by atoms with Gasteiger partial charge in [-0.25, -0.2) is 8.42 Å². The van der Waals surface area contributed by atoms with Crippen LogP contribution in [0.3, 0.4) is 0 Å². The Bertz CT molecular complexity index is 327. The molecule has 0 aromatic heterocycles. The molecule has 0 aliphatic carbocycles. The molecule has 19 heavy (non-hydrogen) atoms. The number of hydrogen-bond donors (Lipinski definition) is 6. The molecule has 110 valence electrons. The maximum Gasteiger partial charge on any atom is 1.00 e. The van der Waals surface area contributed by atoms with Crippen LogP contribution in [0.4, 0.5) is 0 Å². The van der Waals surface area contributed by atoms with Gasteiger partial charge in [0.15, 0.2) is 0 Å². The van der Waals surface area contributed by atoms with E-state index in [4.69, 9.17) is 10.2 Å². The van der Waals surface area contributed by atoms with Gasteiger partial charge in [-0.1, -0.05) is 0 Å². The predicted molar refractivity (Wildman–Crippen MR) is 58.5 cm³/mol. The third-order valence-corrected chi connectivity index (χ3v) is 2.91. The zero-order valence-corrected chi connectivity index (χ0v) is 13.3. The molecule has 0 bridgehead atoms. The van der Waals surface area contributed by atoms with Crippen molar-refractivity contribution in [1.29, 1.82) is 0 Å². The normalized spacial score (nSPS) is 18.2. The smallest absolute Gasteiger partial charge is 0.748 e. The molecule has 11 heteroatoms. The van der Waals surface area contributed by atoms with Crippen molar-refractivity contribution >= 4 is 10.1 Å². The molecule has 0 aromatic rings. The Morgan fingerprint density at radius 3 is 1.95 bits per heavy atom.